The summed E-state index contributed by atoms with van der Waals surface area (Å²) in [4.78, 5) is 16.9. The van der Waals surface area contributed by atoms with Crippen LogP contribution in [0.5, 0.6) is 0 Å². The third-order valence-electron chi connectivity index (χ3n) is 3.68. The number of nitrogens with one attached hydrogen (secondary N) is 1. The van der Waals surface area contributed by atoms with Crippen LogP contribution in [0.25, 0.3) is 0 Å². The van der Waals surface area contributed by atoms with E-state index >= 15 is 0 Å². The van der Waals surface area contributed by atoms with Crippen LogP contribution in [0.4, 0.5) is 18.0 Å². The van der Waals surface area contributed by atoms with Gasteiger partial charge in [-0.25, -0.2) is 4.79 Å². The van der Waals surface area contributed by atoms with Crippen LogP contribution in [-0.2, 0) is 6.42 Å². The molecule has 0 radical (unpaired) electrons. The molecule has 1 aliphatic heterocycles. The number of carbonyl (C=O) groups is 1. The molecule has 1 aromatic rings. The lowest BCUT2D eigenvalue weighted by Crippen LogP contribution is -2.49. The van der Waals surface area contributed by atoms with Gasteiger partial charge in [0.2, 0.25) is 5.89 Å². The second kappa shape index (κ2) is 6.34. The van der Waals surface area contributed by atoms with E-state index in [2.05, 4.69) is 15.5 Å². The molecule has 130 valence electrons. The van der Waals surface area contributed by atoms with E-state index < -0.39 is 30.8 Å². The van der Waals surface area contributed by atoms with Crippen molar-refractivity contribution >= 4 is 6.03 Å². The molecule has 10 heteroatoms. The third-order valence-corrected chi connectivity index (χ3v) is 3.68. The van der Waals surface area contributed by atoms with Gasteiger partial charge in [0.1, 0.15) is 0 Å². The molecule has 1 saturated heterocycles. The predicted molar refractivity (Wildman–Crippen MR) is 72.7 cm³/mol. The van der Waals surface area contributed by atoms with E-state index in [0.717, 1.165) is 4.90 Å². The van der Waals surface area contributed by atoms with Crippen LogP contribution in [0.3, 0.4) is 0 Å². The maximum Gasteiger partial charge on any atom is 0.419 e. The zero-order valence-electron chi connectivity index (χ0n) is 12.9. The van der Waals surface area contributed by atoms with Gasteiger partial charge in [0.15, 0.2) is 11.4 Å². The molecule has 1 aliphatic rings. The summed E-state index contributed by atoms with van der Waals surface area (Å²) in [6.45, 7) is 3.05. The second-order valence-electron chi connectivity index (χ2n) is 5.88. The number of likely N-dealkylation sites (tertiary alicyclic amines) is 1. The number of aromatic nitrogens is 2. The van der Waals surface area contributed by atoms with E-state index in [4.69, 9.17) is 4.52 Å². The molecule has 0 bridgehead atoms. The molecule has 23 heavy (non-hydrogen) atoms. The quantitative estimate of drug-likeness (QED) is 0.868. The van der Waals surface area contributed by atoms with Gasteiger partial charge >= 0.3 is 12.2 Å². The standard InChI is InChI=1S/C13H19F3N4O3/c1-8(2)10-18-9(23-19-10)3-5-17-11(21)20-6-4-12(22,7-20)13(14,15)16/h8,22H,3-7H2,1-2H3,(H,17,21)/t12-/m1/s1. The Kier molecular flexibility index (Phi) is 4.83. The summed E-state index contributed by atoms with van der Waals surface area (Å²) in [5, 5.41) is 15.8. The molecule has 2 heterocycles. The first kappa shape index (κ1) is 17.5. The number of alkyl halides is 3. The summed E-state index contributed by atoms with van der Waals surface area (Å²) >= 11 is 0. The van der Waals surface area contributed by atoms with Crippen molar-refractivity contribution < 1.29 is 27.6 Å². The fraction of sp³-hybridized carbons (Fsp3) is 0.769. The molecule has 1 fully saturated rings. The average Bonchev–Trinajstić information content (AvgIpc) is 3.05. The molecule has 0 unspecified atom stereocenters. The molecular weight excluding hydrogens is 317 g/mol. The lowest BCUT2D eigenvalue weighted by molar-refractivity contribution is -0.253. The molecule has 0 aromatic carbocycles. The molecule has 7 nitrogen and oxygen atoms in total. The smallest absolute Gasteiger partial charge is 0.379 e. The summed E-state index contributed by atoms with van der Waals surface area (Å²) in [6, 6.07) is -0.659. The van der Waals surface area contributed by atoms with E-state index in [0.29, 0.717) is 11.7 Å². The first-order valence-corrected chi connectivity index (χ1v) is 7.27. The zero-order valence-corrected chi connectivity index (χ0v) is 12.9. The van der Waals surface area contributed by atoms with Gasteiger partial charge < -0.3 is 19.8 Å². The monoisotopic (exact) mass is 336 g/mol. The van der Waals surface area contributed by atoms with Crippen molar-refractivity contribution in [2.75, 3.05) is 19.6 Å². The van der Waals surface area contributed by atoms with E-state index in [9.17, 15) is 23.1 Å². The van der Waals surface area contributed by atoms with Gasteiger partial charge in [-0.2, -0.15) is 18.2 Å². The molecule has 2 amide bonds. The Morgan fingerprint density at radius 2 is 2.22 bits per heavy atom. The zero-order chi connectivity index (χ0) is 17.3. The Morgan fingerprint density at radius 3 is 2.74 bits per heavy atom. The summed E-state index contributed by atoms with van der Waals surface area (Å²) in [5.74, 6) is 1.02. The number of aliphatic hydroxyl groups is 1. The fourth-order valence-corrected chi connectivity index (χ4v) is 2.19. The lowest BCUT2D eigenvalue weighted by Gasteiger charge is -2.25. The number of halogens is 3. The maximum absolute atomic E-state index is 12.7. The number of hydrogen-bond donors (Lipinski definition) is 2. The molecule has 2 N–H and O–H groups in total. The molecule has 2 rings (SSSR count). The Bertz CT molecular complexity index is 561. The van der Waals surface area contributed by atoms with Gasteiger partial charge in [0.05, 0.1) is 6.54 Å². The summed E-state index contributed by atoms with van der Waals surface area (Å²) in [6.07, 6.45) is -4.99. The molecule has 1 atom stereocenters. The minimum absolute atomic E-state index is 0.117. The summed E-state index contributed by atoms with van der Waals surface area (Å²) in [5.41, 5.74) is -2.83. The van der Waals surface area contributed by atoms with Crippen molar-refractivity contribution in [3.63, 3.8) is 0 Å². The first-order valence-electron chi connectivity index (χ1n) is 7.27. The van der Waals surface area contributed by atoms with Crippen molar-refractivity contribution in [3.05, 3.63) is 11.7 Å². The number of hydrogen-bond acceptors (Lipinski definition) is 5. The second-order valence-corrected chi connectivity index (χ2v) is 5.88. The van der Waals surface area contributed by atoms with Crippen molar-refractivity contribution in [2.24, 2.45) is 0 Å². The highest BCUT2D eigenvalue weighted by molar-refractivity contribution is 5.74. The Labute approximate surface area is 130 Å². The number of rotatable bonds is 4. The van der Waals surface area contributed by atoms with E-state index in [1.54, 1.807) is 0 Å². The third kappa shape index (κ3) is 3.92. The van der Waals surface area contributed by atoms with Crippen LogP contribution in [-0.4, -0.2) is 57.6 Å². The number of nitrogens with zero attached hydrogens (tertiary/aromatic N) is 3. The molecule has 0 saturated carbocycles. The van der Waals surface area contributed by atoms with Crippen LogP contribution in [0.2, 0.25) is 0 Å². The van der Waals surface area contributed by atoms with Crippen LogP contribution in [0, 0.1) is 0 Å². The van der Waals surface area contributed by atoms with Crippen molar-refractivity contribution in [1.29, 1.82) is 0 Å². The normalized spacial score (nSPS) is 22.0. The highest BCUT2D eigenvalue weighted by atomic mass is 19.4. The Morgan fingerprint density at radius 1 is 1.52 bits per heavy atom. The average molecular weight is 336 g/mol. The van der Waals surface area contributed by atoms with Crippen molar-refractivity contribution in [1.82, 2.24) is 20.4 Å². The van der Waals surface area contributed by atoms with Gasteiger partial charge in [0.25, 0.3) is 0 Å². The molecule has 0 aliphatic carbocycles. The van der Waals surface area contributed by atoms with Gasteiger partial charge in [0, 0.05) is 31.8 Å². The number of amides is 2. The summed E-state index contributed by atoms with van der Waals surface area (Å²) in [7, 11) is 0. The highest BCUT2D eigenvalue weighted by Gasteiger charge is 2.57. The number of β-amino-alcohol motifs (C(OH)–C–C–N with tert-alkyl or cyclic N) is 1. The maximum atomic E-state index is 12.7. The predicted octanol–water partition coefficient (Wildman–Crippen LogP) is 1.44. The molecule has 0 spiro atoms. The highest BCUT2D eigenvalue weighted by Crippen LogP contribution is 2.37. The molecular formula is C13H19F3N4O3. The lowest BCUT2D eigenvalue weighted by atomic mass is 10.0. The fourth-order valence-electron chi connectivity index (χ4n) is 2.19. The largest absolute Gasteiger partial charge is 0.419 e. The van der Waals surface area contributed by atoms with E-state index in [1.165, 1.54) is 0 Å². The van der Waals surface area contributed by atoms with Crippen LogP contribution < -0.4 is 5.32 Å². The van der Waals surface area contributed by atoms with Crippen molar-refractivity contribution in [3.8, 4) is 0 Å². The van der Waals surface area contributed by atoms with Gasteiger partial charge in [-0.3, -0.25) is 0 Å². The number of carbonyl (C=O) groups excluding carboxylic acids is 1. The van der Waals surface area contributed by atoms with Crippen LogP contribution in [0.1, 0.15) is 37.9 Å². The minimum atomic E-state index is -4.75. The first-order chi connectivity index (χ1) is 10.6. The minimum Gasteiger partial charge on any atom is -0.379 e. The summed E-state index contributed by atoms with van der Waals surface area (Å²) < 4.78 is 43.1. The van der Waals surface area contributed by atoms with E-state index in [-0.39, 0.29) is 25.4 Å². The van der Waals surface area contributed by atoms with E-state index in [1.807, 2.05) is 13.8 Å². The van der Waals surface area contributed by atoms with Gasteiger partial charge in [-0.15, -0.1) is 0 Å². The Hall–Kier alpha value is -1.84. The van der Waals surface area contributed by atoms with Gasteiger partial charge in [-0.1, -0.05) is 19.0 Å². The topological polar surface area (TPSA) is 91.5 Å². The molecule has 1 aromatic heterocycles. The SMILES string of the molecule is CC(C)c1noc(CCNC(=O)N2CC[C@](O)(C(F)(F)F)C2)n1. The van der Waals surface area contributed by atoms with Crippen LogP contribution >= 0.6 is 0 Å². The van der Waals surface area contributed by atoms with Crippen molar-refractivity contribution in [2.45, 2.75) is 44.4 Å². The van der Waals surface area contributed by atoms with Crippen LogP contribution in [0.15, 0.2) is 4.52 Å². The number of urea groups is 1. The Balaban J connectivity index is 1.79. The van der Waals surface area contributed by atoms with Gasteiger partial charge in [-0.05, 0) is 0 Å².